The minimum absolute atomic E-state index is 0.0653. The molecule has 2 aliphatic rings. The molecule has 114 valence electrons. The molecule has 0 spiro atoms. The van der Waals surface area contributed by atoms with Gasteiger partial charge in [0.25, 0.3) is 0 Å². The van der Waals surface area contributed by atoms with Gasteiger partial charge in [0, 0.05) is 12.1 Å². The second kappa shape index (κ2) is 6.43. The number of urea groups is 1. The van der Waals surface area contributed by atoms with Crippen LogP contribution in [0.5, 0.6) is 0 Å². The number of hydrogen-bond acceptors (Lipinski definition) is 3. The number of carboxylic acid groups (broad SMARTS) is 1. The molecule has 6 nitrogen and oxygen atoms in total. The molecule has 1 saturated carbocycles. The third-order valence-electron chi connectivity index (χ3n) is 4.26. The lowest BCUT2D eigenvalue weighted by Crippen LogP contribution is -2.58. The highest BCUT2D eigenvalue weighted by atomic mass is 16.5. The van der Waals surface area contributed by atoms with Crippen molar-refractivity contribution in [3.8, 4) is 0 Å². The Morgan fingerprint density at radius 2 is 2.05 bits per heavy atom. The maximum atomic E-state index is 12.4. The Morgan fingerprint density at radius 1 is 1.35 bits per heavy atom. The summed E-state index contributed by atoms with van der Waals surface area (Å²) < 4.78 is 5.29. The van der Waals surface area contributed by atoms with E-state index in [4.69, 9.17) is 9.84 Å². The van der Waals surface area contributed by atoms with Gasteiger partial charge < -0.3 is 20.1 Å². The van der Waals surface area contributed by atoms with Gasteiger partial charge in [0.2, 0.25) is 0 Å². The van der Waals surface area contributed by atoms with Gasteiger partial charge in [-0.05, 0) is 19.8 Å². The second-order valence-corrected chi connectivity index (χ2v) is 6.07. The third kappa shape index (κ3) is 3.85. The first-order valence-electron chi connectivity index (χ1n) is 7.38. The fourth-order valence-electron chi connectivity index (χ4n) is 3.08. The summed E-state index contributed by atoms with van der Waals surface area (Å²) in [6.07, 6.45) is 5.42. The van der Waals surface area contributed by atoms with Crippen molar-refractivity contribution >= 4 is 12.0 Å². The van der Waals surface area contributed by atoms with Crippen molar-refractivity contribution < 1.29 is 19.4 Å². The predicted molar refractivity (Wildman–Crippen MR) is 73.6 cm³/mol. The predicted octanol–water partition coefficient (Wildman–Crippen LogP) is 1.59. The maximum Gasteiger partial charge on any atom is 0.318 e. The molecule has 1 unspecified atom stereocenters. The molecule has 2 rings (SSSR count). The Morgan fingerprint density at radius 3 is 2.70 bits per heavy atom. The van der Waals surface area contributed by atoms with E-state index >= 15 is 0 Å². The van der Waals surface area contributed by atoms with Gasteiger partial charge in [-0.15, -0.1) is 0 Å². The second-order valence-electron chi connectivity index (χ2n) is 6.07. The fourth-order valence-corrected chi connectivity index (χ4v) is 3.08. The van der Waals surface area contributed by atoms with Crippen LogP contribution < -0.4 is 5.32 Å². The highest BCUT2D eigenvalue weighted by molar-refractivity contribution is 5.77. The van der Waals surface area contributed by atoms with Crippen molar-refractivity contribution in [3.63, 3.8) is 0 Å². The quantitative estimate of drug-likeness (QED) is 0.825. The zero-order valence-electron chi connectivity index (χ0n) is 12.1. The molecule has 20 heavy (non-hydrogen) atoms. The average molecular weight is 284 g/mol. The smallest absolute Gasteiger partial charge is 0.318 e. The highest BCUT2D eigenvalue weighted by Crippen LogP contribution is 2.28. The lowest BCUT2D eigenvalue weighted by Gasteiger charge is -2.40. The van der Waals surface area contributed by atoms with Gasteiger partial charge in [-0.3, -0.25) is 4.79 Å². The van der Waals surface area contributed by atoms with E-state index in [1.54, 1.807) is 4.90 Å². The van der Waals surface area contributed by atoms with Crippen LogP contribution in [0.25, 0.3) is 0 Å². The SMILES string of the molecule is CC1(NC(=O)N2CCOCC2CC(=O)O)CCCCC1. The van der Waals surface area contributed by atoms with Crippen LogP contribution >= 0.6 is 0 Å². The summed E-state index contributed by atoms with van der Waals surface area (Å²) >= 11 is 0. The molecule has 1 atom stereocenters. The van der Waals surface area contributed by atoms with Crippen LogP contribution in [0.2, 0.25) is 0 Å². The topological polar surface area (TPSA) is 78.9 Å². The zero-order chi connectivity index (χ0) is 14.6. The standard InChI is InChI=1S/C14H24N2O4/c1-14(5-3-2-4-6-14)15-13(19)16-7-8-20-10-11(16)9-12(17)18/h11H,2-10H2,1H3,(H,15,19)(H,17,18). The summed E-state index contributed by atoms with van der Waals surface area (Å²) in [5, 5.41) is 12.0. The minimum atomic E-state index is -0.901. The third-order valence-corrected chi connectivity index (χ3v) is 4.26. The number of carbonyl (C=O) groups excluding carboxylic acids is 1. The fraction of sp³-hybridized carbons (Fsp3) is 0.857. The molecule has 1 heterocycles. The summed E-state index contributed by atoms with van der Waals surface area (Å²) in [5.41, 5.74) is -0.151. The van der Waals surface area contributed by atoms with E-state index in [9.17, 15) is 9.59 Å². The van der Waals surface area contributed by atoms with Crippen LogP contribution in [0.4, 0.5) is 4.79 Å². The van der Waals surface area contributed by atoms with E-state index < -0.39 is 5.97 Å². The lowest BCUT2D eigenvalue weighted by atomic mass is 9.83. The maximum absolute atomic E-state index is 12.4. The van der Waals surface area contributed by atoms with E-state index in [1.807, 2.05) is 0 Å². The van der Waals surface area contributed by atoms with Crippen molar-refractivity contribution in [2.45, 2.75) is 57.0 Å². The molecule has 0 bridgehead atoms. The molecule has 2 N–H and O–H groups in total. The minimum Gasteiger partial charge on any atom is -0.481 e. The zero-order valence-corrected chi connectivity index (χ0v) is 12.1. The molecule has 0 aromatic carbocycles. The molecule has 0 aromatic heterocycles. The van der Waals surface area contributed by atoms with Crippen LogP contribution in [-0.4, -0.2) is 53.3 Å². The first kappa shape index (κ1) is 15.1. The number of ether oxygens (including phenoxy) is 1. The van der Waals surface area contributed by atoms with Crippen LogP contribution in [0.1, 0.15) is 45.4 Å². The van der Waals surface area contributed by atoms with Crippen LogP contribution in [-0.2, 0) is 9.53 Å². The van der Waals surface area contributed by atoms with Gasteiger partial charge in [-0.1, -0.05) is 19.3 Å². The van der Waals surface area contributed by atoms with Gasteiger partial charge >= 0.3 is 12.0 Å². The van der Waals surface area contributed by atoms with Gasteiger partial charge in [0.1, 0.15) is 0 Å². The number of amides is 2. The first-order chi connectivity index (χ1) is 9.50. The normalized spacial score (nSPS) is 26.1. The van der Waals surface area contributed by atoms with E-state index in [0.29, 0.717) is 19.8 Å². The summed E-state index contributed by atoms with van der Waals surface area (Å²) in [7, 11) is 0. The van der Waals surface area contributed by atoms with Crippen molar-refractivity contribution in [1.29, 1.82) is 0 Å². The largest absolute Gasteiger partial charge is 0.481 e. The van der Waals surface area contributed by atoms with Crippen molar-refractivity contribution in [2.24, 2.45) is 0 Å². The number of nitrogens with zero attached hydrogens (tertiary/aromatic N) is 1. The van der Waals surface area contributed by atoms with Gasteiger partial charge in [-0.25, -0.2) is 4.79 Å². The van der Waals surface area contributed by atoms with Crippen molar-refractivity contribution in [3.05, 3.63) is 0 Å². The highest BCUT2D eigenvalue weighted by Gasteiger charge is 2.34. The lowest BCUT2D eigenvalue weighted by molar-refractivity contribution is -0.139. The number of carbonyl (C=O) groups is 2. The summed E-state index contributed by atoms with van der Waals surface area (Å²) in [6.45, 7) is 3.31. The number of morpholine rings is 1. The molecule has 0 aromatic rings. The Balaban J connectivity index is 1.96. The van der Waals surface area contributed by atoms with Gasteiger partial charge in [0.05, 0.1) is 25.7 Å². The molecule has 6 heteroatoms. The molecule has 1 saturated heterocycles. The molecule has 1 aliphatic carbocycles. The first-order valence-corrected chi connectivity index (χ1v) is 7.38. The molecule has 2 amide bonds. The van der Waals surface area contributed by atoms with Crippen LogP contribution in [0.15, 0.2) is 0 Å². The van der Waals surface area contributed by atoms with E-state index in [0.717, 1.165) is 25.7 Å². The average Bonchev–Trinajstić information content (AvgIpc) is 2.38. The van der Waals surface area contributed by atoms with Crippen molar-refractivity contribution in [2.75, 3.05) is 19.8 Å². The Labute approximate surface area is 119 Å². The number of rotatable bonds is 3. The number of carboxylic acids is 1. The van der Waals surface area contributed by atoms with Crippen LogP contribution in [0.3, 0.4) is 0 Å². The Hall–Kier alpha value is -1.30. The number of aliphatic carboxylic acids is 1. The van der Waals surface area contributed by atoms with E-state index in [-0.39, 0.29) is 24.0 Å². The Bertz CT molecular complexity index is 366. The van der Waals surface area contributed by atoms with E-state index in [2.05, 4.69) is 12.2 Å². The molecule has 2 fully saturated rings. The monoisotopic (exact) mass is 284 g/mol. The van der Waals surface area contributed by atoms with Gasteiger partial charge in [-0.2, -0.15) is 0 Å². The summed E-state index contributed by atoms with van der Waals surface area (Å²) in [4.78, 5) is 24.9. The molecule has 1 aliphatic heterocycles. The number of hydrogen-bond donors (Lipinski definition) is 2. The van der Waals surface area contributed by atoms with Crippen molar-refractivity contribution in [1.82, 2.24) is 10.2 Å². The molecular weight excluding hydrogens is 260 g/mol. The van der Waals surface area contributed by atoms with E-state index in [1.165, 1.54) is 6.42 Å². The Kier molecular flexibility index (Phi) is 4.86. The summed E-state index contributed by atoms with van der Waals surface area (Å²) in [6, 6.07) is -0.516. The van der Waals surface area contributed by atoms with Gasteiger partial charge in [0.15, 0.2) is 0 Å². The summed E-state index contributed by atoms with van der Waals surface area (Å²) in [5.74, 6) is -0.901. The van der Waals surface area contributed by atoms with Crippen LogP contribution in [0, 0.1) is 0 Å². The number of nitrogens with one attached hydrogen (secondary N) is 1. The molecular formula is C14H24N2O4. The molecule has 0 radical (unpaired) electrons.